The third kappa shape index (κ3) is 4.64. The lowest BCUT2D eigenvalue weighted by atomic mass is 10.1. The highest BCUT2D eigenvalue weighted by atomic mass is 19.3. The second-order valence-electron chi connectivity index (χ2n) is 5.98. The molecule has 2 N–H and O–H groups in total. The van der Waals surface area contributed by atoms with Crippen molar-refractivity contribution in [1.29, 1.82) is 0 Å². The molecule has 0 spiro atoms. The van der Waals surface area contributed by atoms with Crippen LogP contribution in [0.25, 0.3) is 0 Å². The molecule has 0 saturated carbocycles. The van der Waals surface area contributed by atoms with Crippen molar-refractivity contribution < 1.29 is 18.3 Å². The number of benzene rings is 1. The summed E-state index contributed by atoms with van der Waals surface area (Å²) in [6, 6.07) is 6.25. The summed E-state index contributed by atoms with van der Waals surface area (Å²) in [7, 11) is 0. The number of carbonyl (C=O) groups excluding carboxylic acids is 1. The van der Waals surface area contributed by atoms with Gasteiger partial charge in [0.25, 0.3) is 0 Å². The van der Waals surface area contributed by atoms with Crippen LogP contribution in [0.1, 0.15) is 25.8 Å². The van der Waals surface area contributed by atoms with Crippen LogP contribution in [0.2, 0.25) is 0 Å². The van der Waals surface area contributed by atoms with Crippen LogP contribution in [0.3, 0.4) is 0 Å². The van der Waals surface area contributed by atoms with Gasteiger partial charge in [-0.2, -0.15) is 8.78 Å². The molecule has 1 heterocycles. The van der Waals surface area contributed by atoms with Crippen LogP contribution < -0.4 is 10.5 Å². The fourth-order valence-electron chi connectivity index (χ4n) is 3.17. The van der Waals surface area contributed by atoms with Crippen molar-refractivity contribution in [3.63, 3.8) is 0 Å². The minimum Gasteiger partial charge on any atom is -0.435 e. The number of alkyl halides is 2. The predicted octanol–water partition coefficient (Wildman–Crippen LogP) is 2.06. The van der Waals surface area contributed by atoms with Crippen LogP contribution in [0.5, 0.6) is 5.75 Å². The Bertz CT molecular complexity index is 552. The van der Waals surface area contributed by atoms with Crippen molar-refractivity contribution in [2.45, 2.75) is 45.5 Å². The number of rotatable bonds is 7. The monoisotopic (exact) mass is 341 g/mol. The highest BCUT2D eigenvalue weighted by Gasteiger charge is 2.36. The van der Waals surface area contributed by atoms with E-state index in [0.717, 1.165) is 5.56 Å². The van der Waals surface area contributed by atoms with Gasteiger partial charge in [0.1, 0.15) is 5.75 Å². The summed E-state index contributed by atoms with van der Waals surface area (Å²) in [5.74, 6) is 0.200. The molecule has 2 atom stereocenters. The van der Waals surface area contributed by atoms with Crippen LogP contribution >= 0.6 is 0 Å². The van der Waals surface area contributed by atoms with Crippen molar-refractivity contribution in [3.8, 4) is 5.75 Å². The van der Waals surface area contributed by atoms with E-state index in [2.05, 4.69) is 4.74 Å². The number of ether oxygens (including phenoxy) is 1. The second kappa shape index (κ2) is 8.39. The van der Waals surface area contributed by atoms with E-state index in [9.17, 15) is 13.6 Å². The molecule has 0 radical (unpaired) electrons. The fraction of sp³-hybridized carbons (Fsp3) is 0.588. The Labute approximate surface area is 141 Å². The molecule has 1 aromatic rings. The van der Waals surface area contributed by atoms with Crippen LogP contribution in [0.4, 0.5) is 8.78 Å². The van der Waals surface area contributed by atoms with E-state index in [0.29, 0.717) is 32.6 Å². The number of likely N-dealkylation sites (tertiary alicyclic amines) is 1. The summed E-state index contributed by atoms with van der Waals surface area (Å²) in [6.07, 6.45) is 0.614. The standard InChI is InChI=1S/C17H25F2N3O2/c1-3-21(4-2)16(23)15-9-13(20)11-22(15)10-12-6-5-7-14(8-12)24-17(18)19/h5-8,13,15,17H,3-4,9-11,20H2,1-2H3/t13-,15-/m0/s1. The van der Waals surface area contributed by atoms with Crippen LogP contribution in [0, 0.1) is 0 Å². The molecule has 7 heteroatoms. The van der Waals surface area contributed by atoms with Gasteiger partial charge in [0.05, 0.1) is 6.04 Å². The first-order valence-electron chi connectivity index (χ1n) is 8.26. The average molecular weight is 341 g/mol. The molecule has 2 rings (SSSR count). The van der Waals surface area contributed by atoms with Gasteiger partial charge in [0.2, 0.25) is 5.91 Å². The van der Waals surface area contributed by atoms with Crippen LogP contribution in [-0.2, 0) is 11.3 Å². The number of nitrogens with two attached hydrogens (primary N) is 1. The summed E-state index contributed by atoms with van der Waals surface area (Å²) >= 11 is 0. The third-order valence-corrected chi connectivity index (χ3v) is 4.31. The molecule has 24 heavy (non-hydrogen) atoms. The van der Waals surface area contributed by atoms with Gasteiger partial charge >= 0.3 is 6.61 Å². The Kier molecular flexibility index (Phi) is 6.51. The van der Waals surface area contributed by atoms with E-state index in [-0.39, 0.29) is 23.7 Å². The summed E-state index contributed by atoms with van der Waals surface area (Å²) < 4.78 is 29.1. The number of nitrogens with zero attached hydrogens (tertiary/aromatic N) is 2. The van der Waals surface area contributed by atoms with Crippen LogP contribution in [0.15, 0.2) is 24.3 Å². The van der Waals surface area contributed by atoms with Gasteiger partial charge < -0.3 is 15.4 Å². The zero-order chi connectivity index (χ0) is 17.7. The zero-order valence-corrected chi connectivity index (χ0v) is 14.1. The van der Waals surface area contributed by atoms with E-state index in [1.165, 1.54) is 6.07 Å². The zero-order valence-electron chi connectivity index (χ0n) is 14.1. The van der Waals surface area contributed by atoms with Gasteiger partial charge in [-0.05, 0) is 38.0 Å². The van der Waals surface area contributed by atoms with Gasteiger partial charge in [-0.1, -0.05) is 12.1 Å². The van der Waals surface area contributed by atoms with Crippen molar-refractivity contribution >= 4 is 5.91 Å². The summed E-state index contributed by atoms with van der Waals surface area (Å²) in [5.41, 5.74) is 6.87. The van der Waals surface area contributed by atoms with Gasteiger partial charge in [0.15, 0.2) is 0 Å². The predicted molar refractivity (Wildman–Crippen MR) is 87.8 cm³/mol. The lowest BCUT2D eigenvalue weighted by Gasteiger charge is -2.28. The molecule has 5 nitrogen and oxygen atoms in total. The summed E-state index contributed by atoms with van der Waals surface area (Å²) in [6.45, 7) is 3.46. The number of amides is 1. The van der Waals surface area contributed by atoms with Crippen molar-refractivity contribution in [2.75, 3.05) is 19.6 Å². The van der Waals surface area contributed by atoms with E-state index in [4.69, 9.17) is 5.73 Å². The summed E-state index contributed by atoms with van der Waals surface area (Å²) in [4.78, 5) is 16.5. The molecular weight excluding hydrogens is 316 g/mol. The molecule has 0 unspecified atom stereocenters. The van der Waals surface area contributed by atoms with Gasteiger partial charge in [0, 0.05) is 32.2 Å². The largest absolute Gasteiger partial charge is 0.435 e. The van der Waals surface area contributed by atoms with Gasteiger partial charge in [-0.15, -0.1) is 0 Å². The smallest absolute Gasteiger partial charge is 0.387 e. The fourth-order valence-corrected chi connectivity index (χ4v) is 3.17. The Hall–Kier alpha value is -1.73. The van der Waals surface area contributed by atoms with Crippen molar-refractivity contribution in [3.05, 3.63) is 29.8 Å². The Morgan fingerprint density at radius 2 is 2.12 bits per heavy atom. The molecule has 0 aromatic heterocycles. The maximum Gasteiger partial charge on any atom is 0.387 e. The van der Waals surface area contributed by atoms with E-state index < -0.39 is 6.61 Å². The summed E-state index contributed by atoms with van der Waals surface area (Å²) in [5, 5.41) is 0. The van der Waals surface area contributed by atoms with Crippen LogP contribution in [-0.4, -0.2) is 54.0 Å². The van der Waals surface area contributed by atoms with E-state index in [1.54, 1.807) is 17.0 Å². The number of hydrogen-bond donors (Lipinski definition) is 1. The molecule has 134 valence electrons. The highest BCUT2D eigenvalue weighted by Crippen LogP contribution is 2.23. The normalized spacial score (nSPS) is 21.2. The molecular formula is C17H25F2N3O2. The molecule has 0 bridgehead atoms. The molecule has 1 saturated heterocycles. The van der Waals surface area contributed by atoms with Crippen molar-refractivity contribution in [1.82, 2.24) is 9.80 Å². The van der Waals surface area contributed by atoms with E-state index >= 15 is 0 Å². The van der Waals surface area contributed by atoms with Gasteiger partial charge in [-0.25, -0.2) is 0 Å². The molecule has 1 amide bonds. The molecule has 1 aliphatic rings. The lowest BCUT2D eigenvalue weighted by molar-refractivity contribution is -0.135. The topological polar surface area (TPSA) is 58.8 Å². The number of likely N-dealkylation sites (N-methyl/N-ethyl adjacent to an activating group) is 1. The maximum atomic E-state index is 12.7. The highest BCUT2D eigenvalue weighted by molar-refractivity contribution is 5.82. The Morgan fingerprint density at radius 3 is 2.75 bits per heavy atom. The molecule has 1 fully saturated rings. The number of halogens is 2. The van der Waals surface area contributed by atoms with Gasteiger partial charge in [-0.3, -0.25) is 9.69 Å². The first kappa shape index (κ1) is 18.6. The third-order valence-electron chi connectivity index (χ3n) is 4.31. The maximum absolute atomic E-state index is 12.7. The number of hydrogen-bond acceptors (Lipinski definition) is 4. The average Bonchev–Trinajstić information content (AvgIpc) is 2.88. The van der Waals surface area contributed by atoms with Crippen molar-refractivity contribution in [2.24, 2.45) is 5.73 Å². The Balaban J connectivity index is 2.10. The first-order chi connectivity index (χ1) is 11.4. The first-order valence-corrected chi connectivity index (χ1v) is 8.26. The number of carbonyl (C=O) groups is 1. The Morgan fingerprint density at radius 1 is 1.42 bits per heavy atom. The second-order valence-corrected chi connectivity index (χ2v) is 5.98. The molecule has 1 aliphatic heterocycles. The quantitative estimate of drug-likeness (QED) is 0.825. The minimum atomic E-state index is -2.85. The van der Waals surface area contributed by atoms with E-state index in [1.807, 2.05) is 24.8 Å². The molecule has 0 aliphatic carbocycles. The SMILES string of the molecule is CCN(CC)C(=O)[C@@H]1C[C@H](N)CN1Cc1cccc(OC(F)F)c1. The lowest BCUT2D eigenvalue weighted by Crippen LogP contribution is -2.45. The molecule has 1 aromatic carbocycles. The minimum absolute atomic E-state index is 0.0602.